The SMILES string of the molecule is COc1cc(C(=O)c2ccccn2)ccc1O. The fourth-order valence-corrected chi connectivity index (χ4v) is 1.46. The fourth-order valence-electron chi connectivity index (χ4n) is 1.46. The Labute approximate surface area is 98.5 Å². The van der Waals surface area contributed by atoms with Gasteiger partial charge in [-0.1, -0.05) is 6.07 Å². The number of phenols is 1. The van der Waals surface area contributed by atoms with E-state index in [0.29, 0.717) is 11.3 Å². The van der Waals surface area contributed by atoms with Gasteiger partial charge in [0.05, 0.1) is 7.11 Å². The molecule has 0 saturated heterocycles. The fraction of sp³-hybridized carbons (Fsp3) is 0.0769. The van der Waals surface area contributed by atoms with E-state index in [-0.39, 0.29) is 17.3 Å². The van der Waals surface area contributed by atoms with Crippen molar-refractivity contribution in [2.24, 2.45) is 0 Å². The molecular weight excluding hydrogens is 218 g/mol. The van der Waals surface area contributed by atoms with Gasteiger partial charge in [-0.3, -0.25) is 9.78 Å². The van der Waals surface area contributed by atoms with Gasteiger partial charge >= 0.3 is 0 Å². The van der Waals surface area contributed by atoms with Crippen LogP contribution in [0.15, 0.2) is 42.6 Å². The number of pyridine rings is 1. The minimum Gasteiger partial charge on any atom is -0.504 e. The number of phenolic OH excluding ortho intramolecular Hbond substituents is 1. The molecule has 86 valence electrons. The Bertz CT molecular complexity index is 538. The van der Waals surface area contributed by atoms with Crippen LogP contribution >= 0.6 is 0 Å². The van der Waals surface area contributed by atoms with Crippen LogP contribution in [0.25, 0.3) is 0 Å². The molecule has 17 heavy (non-hydrogen) atoms. The molecule has 2 rings (SSSR count). The van der Waals surface area contributed by atoms with Crippen molar-refractivity contribution >= 4 is 5.78 Å². The maximum absolute atomic E-state index is 12.0. The number of carbonyl (C=O) groups excluding carboxylic acids is 1. The summed E-state index contributed by atoms with van der Waals surface area (Å²) in [6, 6.07) is 9.59. The van der Waals surface area contributed by atoms with Gasteiger partial charge in [0, 0.05) is 11.8 Å². The number of ether oxygens (including phenoxy) is 1. The molecular formula is C13H11NO3. The zero-order chi connectivity index (χ0) is 12.3. The second-order valence-electron chi connectivity index (χ2n) is 3.43. The highest BCUT2D eigenvalue weighted by Gasteiger charge is 2.12. The number of nitrogens with zero attached hydrogens (tertiary/aromatic N) is 1. The van der Waals surface area contributed by atoms with Gasteiger partial charge in [0.25, 0.3) is 0 Å². The largest absolute Gasteiger partial charge is 0.504 e. The Morgan fingerprint density at radius 2 is 2.12 bits per heavy atom. The Morgan fingerprint density at radius 3 is 2.76 bits per heavy atom. The van der Waals surface area contributed by atoms with Crippen LogP contribution in [-0.4, -0.2) is 23.0 Å². The highest BCUT2D eigenvalue weighted by molar-refractivity contribution is 6.08. The van der Waals surface area contributed by atoms with E-state index in [1.807, 2.05) is 0 Å². The van der Waals surface area contributed by atoms with Crippen LogP contribution in [0.4, 0.5) is 0 Å². The first kappa shape index (κ1) is 11.1. The molecule has 0 aliphatic heterocycles. The summed E-state index contributed by atoms with van der Waals surface area (Å²) in [4.78, 5) is 16.0. The summed E-state index contributed by atoms with van der Waals surface area (Å²) in [5.41, 5.74) is 0.790. The third-order valence-electron chi connectivity index (χ3n) is 2.34. The maximum atomic E-state index is 12.0. The molecule has 0 aliphatic rings. The summed E-state index contributed by atoms with van der Waals surface area (Å²) >= 11 is 0. The number of rotatable bonds is 3. The van der Waals surface area contributed by atoms with Gasteiger partial charge in [-0.25, -0.2) is 0 Å². The highest BCUT2D eigenvalue weighted by atomic mass is 16.5. The lowest BCUT2D eigenvalue weighted by molar-refractivity contribution is 0.103. The average molecular weight is 229 g/mol. The van der Waals surface area contributed by atoms with Crippen molar-refractivity contribution in [3.05, 3.63) is 53.9 Å². The zero-order valence-corrected chi connectivity index (χ0v) is 9.25. The lowest BCUT2D eigenvalue weighted by Gasteiger charge is -2.05. The summed E-state index contributed by atoms with van der Waals surface area (Å²) in [5, 5.41) is 9.44. The molecule has 0 atom stereocenters. The van der Waals surface area contributed by atoms with Gasteiger partial charge < -0.3 is 9.84 Å². The second kappa shape index (κ2) is 4.65. The molecule has 4 heteroatoms. The maximum Gasteiger partial charge on any atom is 0.211 e. The third-order valence-corrected chi connectivity index (χ3v) is 2.34. The van der Waals surface area contributed by atoms with Crippen molar-refractivity contribution in [1.82, 2.24) is 4.98 Å². The first-order chi connectivity index (χ1) is 8.22. The van der Waals surface area contributed by atoms with E-state index in [1.54, 1.807) is 24.4 Å². The van der Waals surface area contributed by atoms with Crippen molar-refractivity contribution in [1.29, 1.82) is 0 Å². The molecule has 0 fully saturated rings. The average Bonchev–Trinajstić information content (AvgIpc) is 2.39. The van der Waals surface area contributed by atoms with Gasteiger partial charge in [0.2, 0.25) is 5.78 Å². The van der Waals surface area contributed by atoms with Crippen LogP contribution in [0, 0.1) is 0 Å². The Balaban J connectivity index is 2.38. The van der Waals surface area contributed by atoms with Crippen molar-refractivity contribution in [3.63, 3.8) is 0 Å². The van der Waals surface area contributed by atoms with Gasteiger partial charge in [0.1, 0.15) is 5.69 Å². The lowest BCUT2D eigenvalue weighted by atomic mass is 10.1. The predicted octanol–water partition coefficient (Wildman–Crippen LogP) is 2.03. The topological polar surface area (TPSA) is 59.4 Å². The molecule has 1 N–H and O–H groups in total. The molecule has 0 bridgehead atoms. The van der Waals surface area contributed by atoms with Gasteiger partial charge in [-0.05, 0) is 30.3 Å². The lowest BCUT2D eigenvalue weighted by Crippen LogP contribution is -2.03. The molecule has 2 aromatic rings. The molecule has 1 aromatic carbocycles. The molecule has 0 amide bonds. The van der Waals surface area contributed by atoms with Crippen LogP contribution in [0.5, 0.6) is 11.5 Å². The number of hydrogen-bond acceptors (Lipinski definition) is 4. The molecule has 0 saturated carbocycles. The van der Waals surface area contributed by atoms with Crippen LogP contribution in [0.1, 0.15) is 16.1 Å². The van der Waals surface area contributed by atoms with Crippen LogP contribution < -0.4 is 4.74 Å². The first-order valence-corrected chi connectivity index (χ1v) is 5.05. The van der Waals surface area contributed by atoms with Crippen LogP contribution in [0.3, 0.4) is 0 Å². The van der Waals surface area contributed by atoms with Crippen molar-refractivity contribution in [2.45, 2.75) is 0 Å². The highest BCUT2D eigenvalue weighted by Crippen LogP contribution is 2.26. The Hall–Kier alpha value is -2.36. The summed E-state index contributed by atoms with van der Waals surface area (Å²) in [6.07, 6.45) is 1.56. The Morgan fingerprint density at radius 1 is 1.29 bits per heavy atom. The number of benzene rings is 1. The minimum atomic E-state index is -0.205. The first-order valence-electron chi connectivity index (χ1n) is 5.05. The van der Waals surface area contributed by atoms with E-state index in [2.05, 4.69) is 4.98 Å². The summed E-state index contributed by atoms with van der Waals surface area (Å²) in [6.45, 7) is 0. The molecule has 1 aromatic heterocycles. The Kier molecular flexibility index (Phi) is 3.05. The number of ketones is 1. The summed E-state index contributed by atoms with van der Waals surface area (Å²) in [7, 11) is 1.43. The van der Waals surface area contributed by atoms with Gasteiger partial charge in [-0.15, -0.1) is 0 Å². The number of methoxy groups -OCH3 is 1. The van der Waals surface area contributed by atoms with E-state index in [1.165, 1.54) is 25.3 Å². The summed E-state index contributed by atoms with van der Waals surface area (Å²) in [5.74, 6) is 0.0701. The molecule has 0 radical (unpaired) electrons. The van der Waals surface area contributed by atoms with Crippen LogP contribution in [0.2, 0.25) is 0 Å². The summed E-state index contributed by atoms with van der Waals surface area (Å²) < 4.78 is 4.95. The van der Waals surface area contributed by atoms with E-state index in [9.17, 15) is 9.90 Å². The monoisotopic (exact) mass is 229 g/mol. The van der Waals surface area contributed by atoms with E-state index in [0.717, 1.165) is 0 Å². The van der Waals surface area contributed by atoms with E-state index < -0.39 is 0 Å². The number of hydrogen-bond donors (Lipinski definition) is 1. The third kappa shape index (κ3) is 2.25. The minimum absolute atomic E-state index is 0.00470. The van der Waals surface area contributed by atoms with Crippen LogP contribution in [-0.2, 0) is 0 Å². The van der Waals surface area contributed by atoms with Gasteiger partial charge in [-0.2, -0.15) is 0 Å². The van der Waals surface area contributed by atoms with Crippen molar-refractivity contribution in [2.75, 3.05) is 7.11 Å². The zero-order valence-electron chi connectivity index (χ0n) is 9.25. The van der Waals surface area contributed by atoms with Gasteiger partial charge in [0.15, 0.2) is 11.5 Å². The second-order valence-corrected chi connectivity index (χ2v) is 3.43. The smallest absolute Gasteiger partial charge is 0.211 e. The number of aromatic hydroxyl groups is 1. The number of aromatic nitrogens is 1. The van der Waals surface area contributed by atoms with Crippen molar-refractivity contribution in [3.8, 4) is 11.5 Å². The van der Waals surface area contributed by atoms with Crippen molar-refractivity contribution < 1.29 is 14.6 Å². The predicted molar refractivity (Wildman–Crippen MR) is 62.3 cm³/mol. The molecule has 1 heterocycles. The molecule has 0 aliphatic carbocycles. The standard InChI is InChI=1S/C13H11NO3/c1-17-12-8-9(5-6-11(12)15)13(16)10-4-2-3-7-14-10/h2-8,15H,1H3. The normalized spacial score (nSPS) is 9.94. The molecule has 0 spiro atoms. The van der Waals surface area contributed by atoms with E-state index in [4.69, 9.17) is 4.74 Å². The quantitative estimate of drug-likeness (QED) is 0.818. The number of carbonyl (C=O) groups is 1. The molecule has 4 nitrogen and oxygen atoms in total. The molecule has 0 unspecified atom stereocenters. The van der Waals surface area contributed by atoms with E-state index >= 15 is 0 Å².